The van der Waals surface area contributed by atoms with Crippen molar-refractivity contribution < 1.29 is 9.18 Å². The van der Waals surface area contributed by atoms with Crippen LogP contribution in [0.3, 0.4) is 0 Å². The van der Waals surface area contributed by atoms with Crippen LogP contribution >= 0.6 is 15.9 Å². The largest absolute Gasteiger partial charge is 0.396 e. The molecule has 0 saturated carbocycles. The predicted molar refractivity (Wildman–Crippen MR) is 85.9 cm³/mol. The summed E-state index contributed by atoms with van der Waals surface area (Å²) in [5.74, 6) is -0.802. The van der Waals surface area contributed by atoms with E-state index in [0.29, 0.717) is 5.56 Å². The summed E-state index contributed by atoms with van der Waals surface area (Å²) in [5.41, 5.74) is 6.27. The van der Waals surface area contributed by atoms with E-state index >= 15 is 0 Å². The third kappa shape index (κ3) is 2.67. The molecular weight excluding hydrogens is 333 g/mol. The zero-order valence-corrected chi connectivity index (χ0v) is 12.5. The molecule has 0 saturated heterocycles. The fourth-order valence-corrected chi connectivity index (χ4v) is 2.57. The highest BCUT2D eigenvalue weighted by atomic mass is 79.9. The van der Waals surface area contributed by atoms with E-state index in [1.54, 1.807) is 12.1 Å². The maximum absolute atomic E-state index is 13.5. The molecule has 0 bridgehead atoms. The highest BCUT2D eigenvalue weighted by molar-refractivity contribution is 9.10. The molecule has 0 heterocycles. The summed E-state index contributed by atoms with van der Waals surface area (Å²) in [7, 11) is 0. The smallest absolute Gasteiger partial charge is 0.193 e. The highest BCUT2D eigenvalue weighted by Gasteiger charge is 2.11. The number of ketones is 1. The molecule has 0 unspecified atom stereocenters. The van der Waals surface area contributed by atoms with Crippen LogP contribution in [0.5, 0.6) is 0 Å². The van der Waals surface area contributed by atoms with Crippen LogP contribution in [-0.4, -0.2) is 5.78 Å². The summed E-state index contributed by atoms with van der Waals surface area (Å²) in [5, 5.41) is 1.99. The van der Waals surface area contributed by atoms with E-state index in [9.17, 15) is 9.18 Å². The molecule has 0 fully saturated rings. The van der Waals surface area contributed by atoms with Crippen LogP contribution in [0.1, 0.15) is 15.9 Å². The molecule has 104 valence electrons. The molecule has 21 heavy (non-hydrogen) atoms. The molecule has 3 aromatic rings. The summed E-state index contributed by atoms with van der Waals surface area (Å²) in [6.45, 7) is 0. The normalized spacial score (nSPS) is 10.8. The van der Waals surface area contributed by atoms with E-state index in [1.807, 2.05) is 24.3 Å². The second-order valence-corrected chi connectivity index (χ2v) is 5.69. The summed E-state index contributed by atoms with van der Waals surface area (Å²) in [6, 6.07) is 15.4. The van der Waals surface area contributed by atoms with Gasteiger partial charge in [-0.05, 0) is 47.2 Å². The Labute approximate surface area is 129 Å². The lowest BCUT2D eigenvalue weighted by molar-refractivity contribution is 0.103. The molecule has 3 aromatic carbocycles. The lowest BCUT2D eigenvalue weighted by atomic mass is 10.00. The average Bonchev–Trinajstić information content (AvgIpc) is 2.49. The molecule has 0 aromatic heterocycles. The van der Waals surface area contributed by atoms with Gasteiger partial charge >= 0.3 is 0 Å². The molecule has 0 aliphatic heterocycles. The number of nitrogen functional groups attached to an aromatic ring is 1. The predicted octanol–water partition coefficient (Wildman–Crippen LogP) is 4.55. The molecule has 3 rings (SSSR count). The van der Waals surface area contributed by atoms with E-state index in [4.69, 9.17) is 5.73 Å². The number of carbonyl (C=O) groups excluding carboxylic acids is 1. The minimum Gasteiger partial charge on any atom is -0.396 e. The van der Waals surface area contributed by atoms with Crippen LogP contribution in [0.15, 0.2) is 59.1 Å². The molecule has 0 spiro atoms. The first-order chi connectivity index (χ1) is 10.0. The van der Waals surface area contributed by atoms with Gasteiger partial charge in [-0.2, -0.15) is 0 Å². The molecule has 0 aliphatic carbocycles. The topological polar surface area (TPSA) is 43.1 Å². The molecule has 0 aliphatic rings. The van der Waals surface area contributed by atoms with Gasteiger partial charge in [0.2, 0.25) is 0 Å². The van der Waals surface area contributed by atoms with Gasteiger partial charge in [0.25, 0.3) is 0 Å². The molecule has 0 atom stereocenters. The van der Waals surface area contributed by atoms with Crippen molar-refractivity contribution in [3.05, 3.63) is 76.0 Å². The van der Waals surface area contributed by atoms with Gasteiger partial charge in [0.15, 0.2) is 5.78 Å². The monoisotopic (exact) mass is 343 g/mol. The number of anilines is 1. The number of rotatable bonds is 2. The van der Waals surface area contributed by atoms with Crippen molar-refractivity contribution >= 4 is 38.2 Å². The van der Waals surface area contributed by atoms with E-state index in [-0.39, 0.29) is 17.0 Å². The third-order valence-corrected chi connectivity index (χ3v) is 3.82. The first-order valence-corrected chi connectivity index (χ1v) is 7.13. The number of carbonyl (C=O) groups is 1. The van der Waals surface area contributed by atoms with E-state index in [0.717, 1.165) is 15.2 Å². The number of hydrogen-bond donors (Lipinski definition) is 1. The molecule has 2 N–H and O–H groups in total. The zero-order valence-electron chi connectivity index (χ0n) is 10.9. The summed E-state index contributed by atoms with van der Waals surface area (Å²) in [6.07, 6.45) is 0. The first-order valence-electron chi connectivity index (χ1n) is 6.33. The van der Waals surface area contributed by atoms with Gasteiger partial charge in [0.1, 0.15) is 5.82 Å². The number of fused-ring (bicyclic) bond motifs is 1. The van der Waals surface area contributed by atoms with Crippen molar-refractivity contribution in [1.29, 1.82) is 0 Å². The van der Waals surface area contributed by atoms with Crippen LogP contribution in [0, 0.1) is 5.82 Å². The van der Waals surface area contributed by atoms with Gasteiger partial charge < -0.3 is 5.73 Å². The second kappa shape index (κ2) is 5.30. The van der Waals surface area contributed by atoms with Gasteiger partial charge in [0.05, 0.1) is 5.69 Å². The van der Waals surface area contributed by atoms with Crippen LogP contribution in [0.2, 0.25) is 0 Å². The number of benzene rings is 3. The Morgan fingerprint density at radius 1 is 0.905 bits per heavy atom. The number of nitrogens with two attached hydrogens (primary N) is 1. The minimum absolute atomic E-state index is 0.0370. The molecule has 4 heteroatoms. The van der Waals surface area contributed by atoms with Crippen molar-refractivity contribution in [3.63, 3.8) is 0 Å². The average molecular weight is 344 g/mol. The Morgan fingerprint density at radius 3 is 2.29 bits per heavy atom. The molecular formula is C17H11BrFNO. The molecule has 2 nitrogen and oxygen atoms in total. The van der Waals surface area contributed by atoms with Crippen molar-refractivity contribution in [2.75, 3.05) is 5.73 Å². The van der Waals surface area contributed by atoms with Crippen molar-refractivity contribution in [2.45, 2.75) is 0 Å². The van der Waals surface area contributed by atoms with Crippen molar-refractivity contribution in [2.24, 2.45) is 0 Å². The van der Waals surface area contributed by atoms with Gasteiger partial charge in [-0.25, -0.2) is 4.39 Å². The Balaban J connectivity index is 2.04. The SMILES string of the molecule is Nc1ccc(C(=O)c2ccc3cc(Br)ccc3c2)cc1F. The fraction of sp³-hybridized carbons (Fsp3) is 0. The van der Waals surface area contributed by atoms with Crippen LogP contribution in [0.4, 0.5) is 10.1 Å². The Bertz CT molecular complexity index is 861. The Morgan fingerprint density at radius 2 is 1.52 bits per heavy atom. The third-order valence-electron chi connectivity index (χ3n) is 3.33. The first kappa shape index (κ1) is 13.8. The second-order valence-electron chi connectivity index (χ2n) is 4.77. The minimum atomic E-state index is -0.578. The van der Waals surface area contributed by atoms with E-state index in [1.165, 1.54) is 18.2 Å². The van der Waals surface area contributed by atoms with E-state index < -0.39 is 5.82 Å². The van der Waals surface area contributed by atoms with Gasteiger partial charge in [-0.1, -0.05) is 34.1 Å². The molecule has 0 radical (unpaired) electrons. The maximum Gasteiger partial charge on any atom is 0.193 e. The van der Waals surface area contributed by atoms with Crippen LogP contribution < -0.4 is 5.73 Å². The standard InChI is InChI=1S/C17H11BrFNO/c18-14-5-3-10-7-12(2-1-11(10)8-14)17(21)13-4-6-16(20)15(19)9-13/h1-9H,20H2. The van der Waals surface area contributed by atoms with Crippen LogP contribution in [0.25, 0.3) is 10.8 Å². The summed E-state index contributed by atoms with van der Waals surface area (Å²) >= 11 is 3.41. The van der Waals surface area contributed by atoms with E-state index in [2.05, 4.69) is 15.9 Å². The van der Waals surface area contributed by atoms with Gasteiger partial charge in [-0.15, -0.1) is 0 Å². The summed E-state index contributed by atoms with van der Waals surface area (Å²) in [4.78, 5) is 12.4. The Hall–Kier alpha value is -2.20. The molecule has 0 amide bonds. The summed E-state index contributed by atoms with van der Waals surface area (Å²) < 4.78 is 14.5. The van der Waals surface area contributed by atoms with Gasteiger partial charge in [-0.3, -0.25) is 4.79 Å². The van der Waals surface area contributed by atoms with Crippen LogP contribution in [-0.2, 0) is 0 Å². The zero-order chi connectivity index (χ0) is 15.0. The lowest BCUT2D eigenvalue weighted by Crippen LogP contribution is -2.03. The van der Waals surface area contributed by atoms with Gasteiger partial charge in [0, 0.05) is 15.6 Å². The quantitative estimate of drug-likeness (QED) is 0.547. The Kier molecular flexibility index (Phi) is 3.47. The fourth-order valence-electron chi connectivity index (χ4n) is 2.19. The maximum atomic E-state index is 13.5. The number of halogens is 2. The highest BCUT2D eigenvalue weighted by Crippen LogP contribution is 2.23. The number of hydrogen-bond acceptors (Lipinski definition) is 2. The lowest BCUT2D eigenvalue weighted by Gasteiger charge is -2.05. The van der Waals surface area contributed by atoms with Crippen molar-refractivity contribution in [1.82, 2.24) is 0 Å². The van der Waals surface area contributed by atoms with Crippen molar-refractivity contribution in [3.8, 4) is 0 Å².